The number of sulfonamides is 1. The minimum Gasteiger partial charge on any atom is -0.480 e. The number of ether oxygens (including phenoxy) is 1. The van der Waals surface area contributed by atoms with E-state index in [0.717, 1.165) is 16.5 Å². The smallest absolute Gasteiger partial charge is 0.323 e. The normalized spacial score (nSPS) is 21.9. The molecule has 3 heterocycles. The number of dihydropyridines is 1. The van der Waals surface area contributed by atoms with Crippen molar-refractivity contribution in [2.24, 2.45) is 4.99 Å². The van der Waals surface area contributed by atoms with E-state index in [-0.39, 0.29) is 25.1 Å². The van der Waals surface area contributed by atoms with Crippen molar-refractivity contribution in [3.63, 3.8) is 0 Å². The summed E-state index contributed by atoms with van der Waals surface area (Å²) in [4.78, 5) is 15.6. The van der Waals surface area contributed by atoms with Gasteiger partial charge in [-0.25, -0.2) is 12.7 Å². The van der Waals surface area contributed by atoms with Crippen LogP contribution in [0.5, 0.6) is 0 Å². The zero-order valence-corrected chi connectivity index (χ0v) is 19.5. The van der Waals surface area contributed by atoms with Crippen LogP contribution in [0.25, 0.3) is 10.9 Å². The third kappa shape index (κ3) is 4.55. The maximum atomic E-state index is 13.2. The van der Waals surface area contributed by atoms with E-state index < -0.39 is 21.2 Å². The van der Waals surface area contributed by atoms with Gasteiger partial charge in [-0.2, -0.15) is 0 Å². The van der Waals surface area contributed by atoms with Gasteiger partial charge in [-0.05, 0) is 50.1 Å². The maximum Gasteiger partial charge on any atom is 0.323 e. The van der Waals surface area contributed by atoms with Crippen molar-refractivity contribution in [1.29, 1.82) is 0 Å². The number of aliphatic imine (C=N–C) groups is 1. The first-order valence-electron chi connectivity index (χ1n) is 10.5. The van der Waals surface area contributed by atoms with E-state index in [1.54, 1.807) is 28.9 Å². The molecule has 1 aromatic heterocycles. The zero-order chi connectivity index (χ0) is 23.0. The Morgan fingerprint density at radius 1 is 1.38 bits per heavy atom. The summed E-state index contributed by atoms with van der Waals surface area (Å²) in [6, 6.07) is 5.34. The van der Waals surface area contributed by atoms with Gasteiger partial charge in [0.2, 0.25) is 15.9 Å². The van der Waals surface area contributed by atoms with Gasteiger partial charge in [0.25, 0.3) is 0 Å². The van der Waals surface area contributed by atoms with Gasteiger partial charge < -0.3 is 14.4 Å². The number of rotatable bonds is 6. The molecule has 8 nitrogen and oxygen atoms in total. The molecule has 32 heavy (non-hydrogen) atoms. The van der Waals surface area contributed by atoms with Crippen LogP contribution in [0.15, 0.2) is 41.5 Å². The van der Waals surface area contributed by atoms with E-state index in [9.17, 15) is 18.3 Å². The first-order chi connectivity index (χ1) is 15.1. The number of carboxylic acids is 1. The molecule has 2 aliphatic heterocycles. The highest BCUT2D eigenvalue weighted by atomic mass is 35.5. The van der Waals surface area contributed by atoms with Crippen LogP contribution in [0.3, 0.4) is 0 Å². The Kier molecular flexibility index (Phi) is 6.33. The fourth-order valence-corrected chi connectivity index (χ4v) is 6.14. The molecule has 172 valence electrons. The van der Waals surface area contributed by atoms with Gasteiger partial charge in [0.05, 0.1) is 12.6 Å². The molecule has 10 heteroatoms. The molecular formula is C22H26ClN3O5S. The number of halogens is 1. The van der Waals surface area contributed by atoms with E-state index in [1.807, 2.05) is 26.1 Å². The molecular weight excluding hydrogens is 454 g/mol. The number of nitrogens with zero attached hydrogens (tertiary/aromatic N) is 3. The van der Waals surface area contributed by atoms with Crippen molar-refractivity contribution in [2.45, 2.75) is 44.1 Å². The summed E-state index contributed by atoms with van der Waals surface area (Å²) in [6.45, 7) is 4.50. The molecule has 0 bridgehead atoms. The topological polar surface area (TPSA) is 101 Å². The van der Waals surface area contributed by atoms with Gasteiger partial charge >= 0.3 is 5.97 Å². The number of fused-ring (bicyclic) bond motifs is 1. The van der Waals surface area contributed by atoms with Crippen molar-refractivity contribution >= 4 is 44.4 Å². The molecule has 2 aliphatic rings. The largest absolute Gasteiger partial charge is 0.480 e. The SMILES string of the molecule is CC(C)OC1=NCC(S(=O)(=O)N2CCC(c3cn(CC(=O)O)c4ccc(Cl)cc34)C2)C=C1. The molecule has 2 aromatic rings. The Hall–Kier alpha value is -2.36. The summed E-state index contributed by atoms with van der Waals surface area (Å²) in [6.07, 6.45) is 5.71. The summed E-state index contributed by atoms with van der Waals surface area (Å²) in [5.74, 6) is -0.532. The Labute approximate surface area is 192 Å². The second-order valence-corrected chi connectivity index (χ2v) is 11.0. The van der Waals surface area contributed by atoms with E-state index in [4.69, 9.17) is 16.3 Å². The van der Waals surface area contributed by atoms with Crippen LogP contribution in [0.4, 0.5) is 0 Å². The van der Waals surface area contributed by atoms with E-state index in [0.29, 0.717) is 30.4 Å². The Balaban J connectivity index is 1.54. The predicted molar refractivity (Wildman–Crippen MR) is 124 cm³/mol. The lowest BCUT2D eigenvalue weighted by Crippen LogP contribution is -2.39. The Morgan fingerprint density at radius 2 is 2.16 bits per heavy atom. The van der Waals surface area contributed by atoms with Crippen LogP contribution in [0.2, 0.25) is 5.02 Å². The van der Waals surface area contributed by atoms with E-state index in [1.165, 1.54) is 4.31 Å². The van der Waals surface area contributed by atoms with Crippen LogP contribution in [-0.4, -0.2) is 65.3 Å². The number of benzene rings is 1. The van der Waals surface area contributed by atoms with Crippen LogP contribution < -0.4 is 0 Å². The van der Waals surface area contributed by atoms with Crippen molar-refractivity contribution < 1.29 is 23.1 Å². The number of aliphatic carboxylic acids is 1. The summed E-state index contributed by atoms with van der Waals surface area (Å²) in [5, 5.41) is 9.95. The predicted octanol–water partition coefficient (Wildman–Crippen LogP) is 3.26. The summed E-state index contributed by atoms with van der Waals surface area (Å²) >= 11 is 6.20. The molecule has 4 rings (SSSR count). The van der Waals surface area contributed by atoms with Gasteiger partial charge in [0, 0.05) is 41.1 Å². The molecule has 1 fully saturated rings. The molecule has 1 saturated heterocycles. The van der Waals surface area contributed by atoms with Gasteiger partial charge in [0.1, 0.15) is 11.8 Å². The second-order valence-electron chi connectivity index (χ2n) is 8.40. The first-order valence-corrected chi connectivity index (χ1v) is 12.4. The Bertz CT molecular complexity index is 1200. The minimum atomic E-state index is -3.57. The van der Waals surface area contributed by atoms with Crippen molar-refractivity contribution in [3.8, 4) is 0 Å². The molecule has 0 saturated carbocycles. The number of carboxylic acid groups (broad SMARTS) is 1. The maximum absolute atomic E-state index is 13.2. The molecule has 2 unspecified atom stereocenters. The lowest BCUT2D eigenvalue weighted by atomic mass is 9.98. The standard InChI is InChI=1S/C22H26ClN3O5S/c1-14(2)31-21-6-4-17(10-24-21)32(29,30)26-8-7-15(11-26)19-12-25(13-22(27)28)20-5-3-16(23)9-18(19)20/h3-6,9,12,14-15,17H,7-8,10-11,13H2,1-2H3,(H,27,28). The third-order valence-electron chi connectivity index (χ3n) is 5.75. The van der Waals surface area contributed by atoms with Gasteiger partial charge in [-0.1, -0.05) is 17.7 Å². The van der Waals surface area contributed by atoms with Crippen LogP contribution >= 0.6 is 11.6 Å². The third-order valence-corrected chi connectivity index (χ3v) is 8.11. The number of hydrogen-bond donors (Lipinski definition) is 1. The highest BCUT2D eigenvalue weighted by Crippen LogP contribution is 2.36. The molecule has 0 aliphatic carbocycles. The molecule has 1 aromatic carbocycles. The van der Waals surface area contributed by atoms with Crippen molar-refractivity contribution in [3.05, 3.63) is 47.1 Å². The lowest BCUT2D eigenvalue weighted by Gasteiger charge is -2.23. The summed E-state index contributed by atoms with van der Waals surface area (Å²) < 4.78 is 35.2. The van der Waals surface area contributed by atoms with Crippen LogP contribution in [-0.2, 0) is 26.1 Å². The average Bonchev–Trinajstić information content (AvgIpc) is 3.33. The summed E-state index contributed by atoms with van der Waals surface area (Å²) in [5.41, 5.74) is 1.70. The molecule has 0 radical (unpaired) electrons. The Morgan fingerprint density at radius 3 is 2.81 bits per heavy atom. The first kappa shape index (κ1) is 22.8. The van der Waals surface area contributed by atoms with Crippen LogP contribution in [0.1, 0.15) is 31.7 Å². The molecule has 0 amide bonds. The highest BCUT2D eigenvalue weighted by Gasteiger charge is 2.38. The zero-order valence-electron chi connectivity index (χ0n) is 17.9. The lowest BCUT2D eigenvalue weighted by molar-refractivity contribution is -0.137. The van der Waals surface area contributed by atoms with Gasteiger partial charge in [0.15, 0.2) is 0 Å². The van der Waals surface area contributed by atoms with Crippen LogP contribution in [0, 0.1) is 0 Å². The molecule has 0 spiro atoms. The second kappa shape index (κ2) is 8.88. The number of aromatic nitrogens is 1. The van der Waals surface area contributed by atoms with Crippen molar-refractivity contribution in [2.75, 3.05) is 19.6 Å². The molecule has 1 N–H and O–H groups in total. The fourth-order valence-electron chi connectivity index (χ4n) is 4.30. The fraction of sp³-hybridized carbons (Fsp3) is 0.455. The van der Waals surface area contributed by atoms with Gasteiger partial charge in [-0.15, -0.1) is 0 Å². The minimum absolute atomic E-state index is 0.0253. The van der Waals surface area contributed by atoms with Crippen molar-refractivity contribution in [1.82, 2.24) is 8.87 Å². The number of carbonyl (C=O) groups is 1. The highest BCUT2D eigenvalue weighted by molar-refractivity contribution is 7.90. The average molecular weight is 480 g/mol. The quantitative estimate of drug-likeness (QED) is 0.685. The van der Waals surface area contributed by atoms with Gasteiger partial charge in [-0.3, -0.25) is 9.79 Å². The monoisotopic (exact) mass is 479 g/mol. The summed E-state index contributed by atoms with van der Waals surface area (Å²) in [7, 11) is -3.57. The number of hydrogen-bond acceptors (Lipinski definition) is 5. The molecule has 2 atom stereocenters. The van der Waals surface area contributed by atoms with E-state index in [2.05, 4.69) is 4.99 Å². The van der Waals surface area contributed by atoms with E-state index >= 15 is 0 Å².